The van der Waals surface area contributed by atoms with Crippen molar-refractivity contribution in [3.63, 3.8) is 0 Å². The Labute approximate surface area is 184 Å². The van der Waals surface area contributed by atoms with Crippen LogP contribution in [0, 0.1) is 11.3 Å². The van der Waals surface area contributed by atoms with Crippen LogP contribution >= 0.6 is 0 Å². The summed E-state index contributed by atoms with van der Waals surface area (Å²) >= 11 is 0. The Morgan fingerprint density at radius 2 is 1.84 bits per heavy atom. The minimum atomic E-state index is -0.601. The van der Waals surface area contributed by atoms with E-state index < -0.39 is 11.3 Å². The third kappa shape index (κ3) is 8.20. The fourth-order valence-electron chi connectivity index (χ4n) is 3.99. The van der Waals surface area contributed by atoms with E-state index in [1.165, 1.54) is 4.90 Å². The summed E-state index contributed by atoms with van der Waals surface area (Å²) in [5.74, 6) is -0.364. The number of anilines is 1. The number of benzene rings is 1. The largest absolute Gasteiger partial charge is 0.337 e. The standard InChI is InChI=1S/C23H36N4O4/c1-4-18-11-7-8-12-19(18)25-22(30)24-16-23(2,3)13-21(29)27(15-20(28)26-31)14-17-9-5-6-10-17/h7-8,11-12,17,31H,4-6,9-10,13-16H2,1-3H3,(H,26,28)(H2,24,25,30). The molecule has 0 radical (unpaired) electrons. The summed E-state index contributed by atoms with van der Waals surface area (Å²) in [6.45, 7) is 6.51. The van der Waals surface area contributed by atoms with Crippen LogP contribution in [0.2, 0.25) is 0 Å². The van der Waals surface area contributed by atoms with E-state index >= 15 is 0 Å². The second-order valence-electron chi connectivity index (χ2n) is 9.12. The predicted octanol–water partition coefficient (Wildman–Crippen LogP) is 3.31. The van der Waals surface area contributed by atoms with Gasteiger partial charge in [0.1, 0.15) is 6.54 Å². The molecule has 1 aliphatic carbocycles. The maximum absolute atomic E-state index is 13.0. The molecule has 0 heterocycles. The number of hydrogen-bond acceptors (Lipinski definition) is 4. The van der Waals surface area contributed by atoms with Crippen LogP contribution in [0.25, 0.3) is 0 Å². The highest BCUT2D eigenvalue weighted by Crippen LogP contribution is 2.27. The zero-order chi connectivity index (χ0) is 22.9. The Bertz CT molecular complexity index is 760. The van der Waals surface area contributed by atoms with Gasteiger partial charge in [-0.1, -0.05) is 51.8 Å². The molecule has 0 aliphatic heterocycles. The van der Waals surface area contributed by atoms with Crippen LogP contribution in [0.5, 0.6) is 0 Å². The molecule has 172 valence electrons. The number of carbonyl (C=O) groups excluding carboxylic acids is 3. The molecule has 0 saturated heterocycles. The molecule has 0 bridgehead atoms. The molecule has 1 aromatic carbocycles. The van der Waals surface area contributed by atoms with E-state index in [1.807, 2.05) is 45.0 Å². The van der Waals surface area contributed by atoms with Crippen LogP contribution in [-0.4, -0.2) is 47.6 Å². The van der Waals surface area contributed by atoms with E-state index in [4.69, 9.17) is 5.21 Å². The molecule has 0 atom stereocenters. The Balaban J connectivity index is 1.90. The molecule has 1 aromatic rings. The Kier molecular flexibility index (Phi) is 9.30. The number of para-hydroxylation sites is 1. The average Bonchev–Trinajstić information content (AvgIpc) is 3.25. The van der Waals surface area contributed by atoms with Crippen molar-refractivity contribution in [2.45, 2.75) is 59.3 Å². The molecule has 0 spiro atoms. The number of hydrogen-bond donors (Lipinski definition) is 4. The number of urea groups is 1. The van der Waals surface area contributed by atoms with Crippen molar-refractivity contribution in [1.29, 1.82) is 0 Å². The highest BCUT2D eigenvalue weighted by molar-refractivity contribution is 5.90. The lowest BCUT2D eigenvalue weighted by molar-refractivity contribution is -0.141. The van der Waals surface area contributed by atoms with Gasteiger partial charge in [-0.3, -0.25) is 14.8 Å². The van der Waals surface area contributed by atoms with Crippen molar-refractivity contribution in [3.8, 4) is 0 Å². The number of nitrogens with one attached hydrogen (secondary N) is 3. The van der Waals surface area contributed by atoms with Crippen molar-refractivity contribution in [2.24, 2.45) is 11.3 Å². The number of hydroxylamine groups is 1. The van der Waals surface area contributed by atoms with Crippen LogP contribution in [0.4, 0.5) is 10.5 Å². The molecule has 0 aromatic heterocycles. The number of rotatable bonds is 10. The van der Waals surface area contributed by atoms with Crippen molar-refractivity contribution >= 4 is 23.5 Å². The molecular weight excluding hydrogens is 396 g/mol. The van der Waals surface area contributed by atoms with Gasteiger partial charge in [0, 0.05) is 25.2 Å². The summed E-state index contributed by atoms with van der Waals surface area (Å²) in [7, 11) is 0. The molecule has 4 amide bonds. The molecule has 4 N–H and O–H groups in total. The van der Waals surface area contributed by atoms with Crippen LogP contribution in [0.15, 0.2) is 24.3 Å². The van der Waals surface area contributed by atoms with Gasteiger partial charge in [-0.15, -0.1) is 0 Å². The van der Waals surface area contributed by atoms with E-state index in [0.717, 1.165) is 43.4 Å². The van der Waals surface area contributed by atoms with Gasteiger partial charge in [0.2, 0.25) is 5.91 Å². The molecule has 8 nitrogen and oxygen atoms in total. The molecular formula is C23H36N4O4. The van der Waals surface area contributed by atoms with Crippen molar-refractivity contribution in [2.75, 3.05) is 25.0 Å². The smallest absolute Gasteiger partial charge is 0.319 e. The Morgan fingerprint density at radius 1 is 1.16 bits per heavy atom. The summed E-state index contributed by atoms with van der Waals surface area (Å²) in [5, 5.41) is 14.6. The number of amides is 4. The molecule has 1 aliphatic rings. The minimum Gasteiger partial charge on any atom is -0.337 e. The topological polar surface area (TPSA) is 111 Å². The van der Waals surface area contributed by atoms with Gasteiger partial charge in [-0.25, -0.2) is 10.3 Å². The van der Waals surface area contributed by atoms with Crippen molar-refractivity contribution in [3.05, 3.63) is 29.8 Å². The lowest BCUT2D eigenvalue weighted by atomic mass is 9.88. The second kappa shape index (κ2) is 11.7. The third-order valence-electron chi connectivity index (χ3n) is 5.77. The van der Waals surface area contributed by atoms with Crippen LogP contribution < -0.4 is 16.1 Å². The Hall–Kier alpha value is -2.61. The summed E-state index contributed by atoms with van der Waals surface area (Å²) < 4.78 is 0. The van der Waals surface area contributed by atoms with Gasteiger partial charge in [0.05, 0.1) is 0 Å². The van der Waals surface area contributed by atoms with Gasteiger partial charge < -0.3 is 15.5 Å². The van der Waals surface area contributed by atoms with Crippen molar-refractivity contribution in [1.82, 2.24) is 15.7 Å². The van der Waals surface area contributed by atoms with Crippen molar-refractivity contribution < 1.29 is 19.6 Å². The minimum absolute atomic E-state index is 0.154. The SMILES string of the molecule is CCc1ccccc1NC(=O)NCC(C)(C)CC(=O)N(CC(=O)NO)CC1CCCC1. The highest BCUT2D eigenvalue weighted by atomic mass is 16.5. The first-order chi connectivity index (χ1) is 14.7. The number of carbonyl (C=O) groups is 3. The predicted molar refractivity (Wildman–Crippen MR) is 120 cm³/mol. The number of nitrogens with zero attached hydrogens (tertiary/aromatic N) is 1. The van der Waals surface area contributed by atoms with Crippen LogP contribution in [0.1, 0.15) is 58.4 Å². The van der Waals surface area contributed by atoms with E-state index in [1.54, 1.807) is 5.48 Å². The fraction of sp³-hybridized carbons (Fsp3) is 0.609. The highest BCUT2D eigenvalue weighted by Gasteiger charge is 2.29. The average molecular weight is 433 g/mol. The van der Waals surface area contributed by atoms with E-state index in [-0.39, 0.29) is 24.9 Å². The monoisotopic (exact) mass is 432 g/mol. The maximum Gasteiger partial charge on any atom is 0.319 e. The molecule has 1 saturated carbocycles. The number of aryl methyl sites for hydroxylation is 1. The normalized spacial score (nSPS) is 14.2. The van der Waals surface area contributed by atoms with E-state index in [0.29, 0.717) is 19.0 Å². The zero-order valence-corrected chi connectivity index (χ0v) is 18.9. The van der Waals surface area contributed by atoms with Gasteiger partial charge >= 0.3 is 6.03 Å². The van der Waals surface area contributed by atoms with Gasteiger partial charge in [-0.2, -0.15) is 0 Å². The molecule has 2 rings (SSSR count). The molecule has 8 heteroatoms. The molecule has 1 fully saturated rings. The van der Waals surface area contributed by atoms with Gasteiger partial charge in [0.15, 0.2) is 0 Å². The van der Waals surface area contributed by atoms with E-state index in [2.05, 4.69) is 10.6 Å². The molecule has 31 heavy (non-hydrogen) atoms. The first-order valence-electron chi connectivity index (χ1n) is 11.1. The summed E-state index contributed by atoms with van der Waals surface area (Å²) in [6.07, 6.45) is 5.39. The second-order valence-corrected chi connectivity index (χ2v) is 9.12. The lowest BCUT2D eigenvalue weighted by Crippen LogP contribution is -2.45. The lowest BCUT2D eigenvalue weighted by Gasteiger charge is -2.30. The first kappa shape index (κ1) is 24.7. The quantitative estimate of drug-likeness (QED) is 0.336. The maximum atomic E-state index is 13.0. The molecule has 0 unspecified atom stereocenters. The first-order valence-corrected chi connectivity index (χ1v) is 11.1. The zero-order valence-electron chi connectivity index (χ0n) is 18.9. The van der Waals surface area contributed by atoms with Crippen LogP contribution in [0.3, 0.4) is 0 Å². The summed E-state index contributed by atoms with van der Waals surface area (Å²) in [5.41, 5.74) is 2.94. The summed E-state index contributed by atoms with van der Waals surface area (Å²) in [6, 6.07) is 7.33. The Morgan fingerprint density at radius 3 is 2.48 bits per heavy atom. The van der Waals surface area contributed by atoms with Crippen LogP contribution in [-0.2, 0) is 16.0 Å². The third-order valence-corrected chi connectivity index (χ3v) is 5.77. The van der Waals surface area contributed by atoms with Gasteiger partial charge in [-0.05, 0) is 42.2 Å². The summed E-state index contributed by atoms with van der Waals surface area (Å²) in [4.78, 5) is 38.5. The fourth-order valence-corrected chi connectivity index (χ4v) is 3.99. The van der Waals surface area contributed by atoms with E-state index in [9.17, 15) is 14.4 Å². The van der Waals surface area contributed by atoms with Gasteiger partial charge in [0.25, 0.3) is 5.91 Å².